The van der Waals surface area contributed by atoms with E-state index in [1.54, 1.807) is 29.1 Å². The Bertz CT molecular complexity index is 3700. The van der Waals surface area contributed by atoms with Crippen molar-refractivity contribution in [1.29, 1.82) is 0 Å². The number of hydrogen-bond donors (Lipinski definition) is 9. The molecule has 2 fully saturated rings. The van der Waals surface area contributed by atoms with Crippen molar-refractivity contribution in [1.82, 2.24) is 29.8 Å². The molecule has 0 spiro atoms. The van der Waals surface area contributed by atoms with Crippen molar-refractivity contribution in [3.05, 3.63) is 108 Å². The summed E-state index contributed by atoms with van der Waals surface area (Å²) < 4.78 is 81.4. The highest BCUT2D eigenvalue weighted by atomic mass is 35.5. The number of rotatable bonds is 26. The van der Waals surface area contributed by atoms with Gasteiger partial charge in [0.1, 0.15) is 66.0 Å². The van der Waals surface area contributed by atoms with Gasteiger partial charge in [-0.25, -0.2) is 4.68 Å². The molecule has 0 bridgehead atoms. The van der Waals surface area contributed by atoms with Crippen LogP contribution in [-0.4, -0.2) is 243 Å². The summed E-state index contributed by atoms with van der Waals surface area (Å²) in [6.07, 6.45) is -12.1. The van der Waals surface area contributed by atoms with E-state index in [2.05, 4.69) is 15.3 Å². The summed E-state index contributed by atoms with van der Waals surface area (Å²) in [5.74, 6) is -3.55. The van der Waals surface area contributed by atoms with Gasteiger partial charge in [0.05, 0.1) is 71.2 Å². The Balaban J connectivity index is 0.852. The number of carbonyl (C=O) groups excluding carboxylic acids is 4. The predicted octanol–water partition coefficient (Wildman–Crippen LogP) is -0.763. The molecule has 9 N–H and O–H groups in total. The average molecular weight is 1280 g/mol. The number of aromatic amines is 1. The molecule has 10 rings (SSSR count). The number of hydrogen-bond acceptors (Lipinski definition) is 25. The van der Waals surface area contributed by atoms with E-state index in [9.17, 15) is 68.4 Å². The minimum atomic E-state index is -5.34. The maximum atomic E-state index is 14.7. The Labute approximate surface area is 511 Å². The summed E-state index contributed by atoms with van der Waals surface area (Å²) >= 11 is 6.60. The molecule has 1 unspecified atom stereocenters. The molecular formula is C57H64ClN7O23S. The summed E-state index contributed by atoms with van der Waals surface area (Å²) in [7, 11) is -2.45. The number of benzene rings is 4. The molecule has 4 amide bonds. The Hall–Kier alpha value is -7.60. The number of alkyl halides is 1. The molecule has 32 heteroatoms. The number of amides is 4. The quantitative estimate of drug-likeness (QED) is 0.0183. The molecule has 0 radical (unpaired) electrons. The monoisotopic (exact) mass is 1280 g/mol. The molecule has 89 heavy (non-hydrogen) atoms. The van der Waals surface area contributed by atoms with Gasteiger partial charge in [-0.2, -0.15) is 0 Å². The highest BCUT2D eigenvalue weighted by molar-refractivity contribution is 7.82. The van der Waals surface area contributed by atoms with Crippen LogP contribution >= 0.6 is 11.6 Å². The fourth-order valence-electron chi connectivity index (χ4n) is 10.5. The number of fused-ring (bicyclic) bond motifs is 4. The van der Waals surface area contributed by atoms with E-state index in [0.29, 0.717) is 46.3 Å². The van der Waals surface area contributed by atoms with Crippen molar-refractivity contribution in [2.24, 2.45) is 0 Å². The zero-order chi connectivity index (χ0) is 63.4. The van der Waals surface area contributed by atoms with E-state index < -0.39 is 114 Å². The van der Waals surface area contributed by atoms with E-state index in [0.717, 1.165) is 17.0 Å². The smallest absolute Gasteiger partial charge is 0.497 e. The average Bonchev–Trinajstić information content (AvgIpc) is 1.70. The number of nitrogens with zero attached hydrogens (tertiary/aromatic N) is 6. The van der Waals surface area contributed by atoms with Crippen LogP contribution in [-0.2, 0) is 51.9 Å². The number of aromatic nitrogens is 4. The maximum Gasteiger partial charge on any atom is 0.501 e. The number of ether oxygens (including phenoxy) is 7. The van der Waals surface area contributed by atoms with Gasteiger partial charge in [0.25, 0.3) is 23.6 Å². The van der Waals surface area contributed by atoms with Crippen molar-refractivity contribution in [2.45, 2.75) is 80.3 Å². The number of aliphatic hydroxyl groups excluding tert-OH is 8. The molecule has 4 aliphatic rings. The van der Waals surface area contributed by atoms with Gasteiger partial charge >= 0.3 is 10.4 Å². The van der Waals surface area contributed by atoms with Crippen molar-refractivity contribution in [3.8, 4) is 28.7 Å². The second kappa shape index (κ2) is 27.6. The van der Waals surface area contributed by atoms with Gasteiger partial charge in [-0.05, 0) is 71.6 Å². The van der Waals surface area contributed by atoms with Crippen LogP contribution in [0, 0.1) is 0 Å². The summed E-state index contributed by atoms with van der Waals surface area (Å²) in [5.41, 5.74) is 1.76. The van der Waals surface area contributed by atoms with Gasteiger partial charge in [-0.15, -0.1) is 25.1 Å². The first-order chi connectivity index (χ1) is 42.7. The van der Waals surface area contributed by atoms with Crippen molar-refractivity contribution >= 4 is 73.0 Å². The van der Waals surface area contributed by atoms with Gasteiger partial charge in [0.2, 0.25) is 12.6 Å². The number of likely N-dealkylation sites (N-methyl/N-ethyl adjacent to an activating group) is 1. The van der Waals surface area contributed by atoms with E-state index in [4.69, 9.17) is 53.1 Å². The second-order valence-electron chi connectivity index (χ2n) is 21.1. The van der Waals surface area contributed by atoms with Crippen LogP contribution in [0.2, 0.25) is 0 Å². The van der Waals surface area contributed by atoms with Crippen molar-refractivity contribution in [3.63, 3.8) is 0 Å². The van der Waals surface area contributed by atoms with Crippen LogP contribution in [0.1, 0.15) is 38.0 Å². The number of methoxy groups -OCH3 is 1. The van der Waals surface area contributed by atoms with Crippen LogP contribution in [0.3, 0.4) is 0 Å². The van der Waals surface area contributed by atoms with Crippen molar-refractivity contribution in [2.75, 3.05) is 84.2 Å². The van der Waals surface area contributed by atoms with Crippen LogP contribution in [0.4, 0.5) is 5.69 Å². The number of carbonyl (C=O) groups is 4. The lowest BCUT2D eigenvalue weighted by Gasteiger charge is -2.39. The molecule has 11 atom stereocenters. The molecule has 6 heterocycles. The highest BCUT2D eigenvalue weighted by Crippen LogP contribution is 2.48. The lowest BCUT2D eigenvalue weighted by Crippen LogP contribution is -2.60. The normalized spacial score (nSPS) is 24.4. The van der Waals surface area contributed by atoms with Gasteiger partial charge in [-0.3, -0.25) is 24.1 Å². The fraction of sp³-hybridized carbons (Fsp3) is 0.439. The largest absolute Gasteiger partial charge is 0.501 e. The van der Waals surface area contributed by atoms with Gasteiger partial charge in [0.15, 0.2) is 17.2 Å². The second-order valence-corrected chi connectivity index (χ2v) is 22.6. The van der Waals surface area contributed by atoms with Gasteiger partial charge < -0.3 is 97.2 Å². The van der Waals surface area contributed by atoms with Crippen LogP contribution < -0.4 is 27.5 Å². The molecule has 2 aromatic heterocycles. The lowest BCUT2D eigenvalue weighted by atomic mass is 9.95. The zero-order valence-corrected chi connectivity index (χ0v) is 49.2. The molecule has 0 saturated carbocycles. The third kappa shape index (κ3) is 14.1. The molecule has 2 saturated heterocycles. The standard InChI is InChI=1S/C57H64ClN7O23S/c1-62(12-16-82-17-13-63-26-32(60-61-63)11-15-81-18-14-64-45(68)9-10-46(64)69)54(76)29-3-8-40(84-57-53(75)51(73)49(71)44(28-67)86-57)42(21-29)88-89(78,79)87-41-23-39-47(36-22-33(80-2)4-6-35(36)41)31(24-58)25-65(39)55(77)38-20-30-19-34(5-7-37(30)59-38)83-56-52(74)50(72)48(70)43(27-66)85-56/h3-10,19-23,26,31,43-44,48-53,56-57,59,66-67,70-75H,11-18,24-25,27-28H2,1-2H3/t31-,43-,44-,48+,49+,50+,51+,52-,53?,56-,57-/m1/s1. The minimum absolute atomic E-state index is 0.00550. The van der Waals surface area contributed by atoms with E-state index in [1.807, 2.05) is 0 Å². The third-order valence-corrected chi connectivity index (χ3v) is 16.4. The molecule has 478 valence electrons. The molecule has 30 nitrogen and oxygen atoms in total. The van der Waals surface area contributed by atoms with E-state index >= 15 is 0 Å². The Morgan fingerprint density at radius 1 is 0.742 bits per heavy atom. The van der Waals surface area contributed by atoms with Crippen LogP contribution in [0.15, 0.2) is 85.1 Å². The van der Waals surface area contributed by atoms with Crippen LogP contribution in [0.25, 0.3) is 21.7 Å². The lowest BCUT2D eigenvalue weighted by molar-refractivity contribution is -0.277. The Morgan fingerprint density at radius 3 is 2.09 bits per heavy atom. The molecule has 4 aliphatic heterocycles. The summed E-state index contributed by atoms with van der Waals surface area (Å²) in [4.78, 5) is 59.0. The summed E-state index contributed by atoms with van der Waals surface area (Å²) in [6, 6.07) is 15.5. The maximum absolute atomic E-state index is 14.7. The summed E-state index contributed by atoms with van der Waals surface area (Å²) in [5, 5.41) is 91.8. The number of halogens is 1. The SMILES string of the molecule is COc1ccc2c(OS(=O)(=O)Oc3cc(C(=O)N(C)CCOCCn4cc(CCOCCN5C(=O)C=CC5=O)nn4)ccc3O[C@@H]3O[C@H](CO)[C@H](O)[C@H](O)C3O)cc3c(c2c1)[C@H](CCl)CN3C(=O)c1cc2cc(O[C@@H]3O[C@H](CO)[C@H](O)[C@H](O)[C@H]3O)ccc2[nH]1. The first-order valence-corrected chi connectivity index (χ1v) is 29.8. The first kappa shape index (κ1) is 64.4. The minimum Gasteiger partial charge on any atom is -0.497 e. The highest BCUT2D eigenvalue weighted by Gasteiger charge is 2.47. The molecule has 6 aromatic rings. The molecular weight excluding hydrogens is 1220 g/mol. The number of aliphatic hydroxyl groups is 8. The number of anilines is 1. The predicted molar refractivity (Wildman–Crippen MR) is 308 cm³/mol. The summed E-state index contributed by atoms with van der Waals surface area (Å²) in [6.45, 7) is -0.368. The Morgan fingerprint density at radius 2 is 1.40 bits per heavy atom. The van der Waals surface area contributed by atoms with Crippen molar-refractivity contribution < 1.29 is 110 Å². The topological polar surface area (TPSA) is 404 Å². The fourth-order valence-corrected chi connectivity index (χ4v) is 11.5. The zero-order valence-electron chi connectivity index (χ0n) is 47.6. The Kier molecular flexibility index (Phi) is 20.0. The van der Waals surface area contributed by atoms with E-state index in [-0.39, 0.29) is 97.6 Å². The number of imide groups is 1. The number of H-pyrrole nitrogens is 1. The molecule has 0 aliphatic carbocycles. The molecule has 4 aromatic carbocycles. The first-order valence-electron chi connectivity index (χ1n) is 27.9. The third-order valence-electron chi connectivity index (χ3n) is 15.3. The van der Waals surface area contributed by atoms with Crippen LogP contribution in [0.5, 0.6) is 28.7 Å². The van der Waals surface area contributed by atoms with Gasteiger partial charge in [0, 0.05) is 84.6 Å². The number of nitrogens with one attached hydrogen (secondary N) is 1. The van der Waals surface area contributed by atoms with Gasteiger partial charge in [-0.1, -0.05) is 5.21 Å². The van der Waals surface area contributed by atoms with E-state index in [1.165, 1.54) is 72.5 Å².